The Balaban J connectivity index is 1.30. The van der Waals surface area contributed by atoms with Gasteiger partial charge in [-0.2, -0.15) is 0 Å². The Bertz CT molecular complexity index is 862. The largest absolute Gasteiger partial charge is 0.490 e. The van der Waals surface area contributed by atoms with Crippen LogP contribution in [0, 0.1) is 0 Å². The molecule has 1 aliphatic heterocycles. The van der Waals surface area contributed by atoms with E-state index in [0.29, 0.717) is 0 Å². The molecule has 2 heterocycles. The molecule has 5 nitrogen and oxygen atoms in total. The number of likely N-dealkylation sites (tertiary alicyclic amines) is 1. The van der Waals surface area contributed by atoms with Crippen molar-refractivity contribution in [2.45, 2.75) is 25.5 Å². The summed E-state index contributed by atoms with van der Waals surface area (Å²) in [5, 5.41) is 4.72. The maximum atomic E-state index is 6.09. The third kappa shape index (κ3) is 4.25. The number of guanidine groups is 1. The Morgan fingerprint density at radius 2 is 1.85 bits per heavy atom. The van der Waals surface area contributed by atoms with Crippen molar-refractivity contribution in [2.24, 2.45) is 4.99 Å². The summed E-state index contributed by atoms with van der Waals surface area (Å²) in [5.41, 5.74) is 2.34. The number of aromatic amines is 1. The summed E-state index contributed by atoms with van der Waals surface area (Å²) in [6.45, 7) is 2.63. The average molecular weight is 362 g/mol. The number of benzene rings is 2. The van der Waals surface area contributed by atoms with Crippen LogP contribution in [-0.2, 0) is 6.54 Å². The SMILES string of the molecule is CN=C(NCc1cc2ccccc2[nH]1)N1CCC(Oc2ccccc2)CC1. The summed E-state index contributed by atoms with van der Waals surface area (Å²) in [6, 6.07) is 20.6. The number of aromatic nitrogens is 1. The third-order valence-corrected chi connectivity index (χ3v) is 5.02. The van der Waals surface area contributed by atoms with Crippen molar-refractivity contribution in [2.75, 3.05) is 20.1 Å². The molecule has 1 aromatic heterocycles. The predicted molar refractivity (Wildman–Crippen MR) is 110 cm³/mol. The fourth-order valence-corrected chi connectivity index (χ4v) is 3.61. The summed E-state index contributed by atoms with van der Waals surface area (Å²) in [5.74, 6) is 1.91. The Kier molecular flexibility index (Phi) is 5.28. The number of ether oxygens (including phenoxy) is 1. The van der Waals surface area contributed by atoms with Crippen LogP contribution >= 0.6 is 0 Å². The highest BCUT2D eigenvalue weighted by atomic mass is 16.5. The van der Waals surface area contributed by atoms with Gasteiger partial charge in [0.15, 0.2) is 5.96 Å². The first-order chi connectivity index (χ1) is 13.3. The van der Waals surface area contributed by atoms with Crippen LogP contribution in [0.4, 0.5) is 0 Å². The first kappa shape index (κ1) is 17.5. The quantitative estimate of drug-likeness (QED) is 0.548. The number of hydrogen-bond acceptors (Lipinski definition) is 2. The molecule has 3 aromatic rings. The first-order valence-electron chi connectivity index (χ1n) is 9.56. The summed E-state index contributed by atoms with van der Waals surface area (Å²) in [4.78, 5) is 10.2. The van der Waals surface area contributed by atoms with Gasteiger partial charge in [-0.05, 0) is 29.7 Å². The average Bonchev–Trinajstić information content (AvgIpc) is 3.13. The van der Waals surface area contributed by atoms with E-state index in [9.17, 15) is 0 Å². The zero-order valence-electron chi connectivity index (χ0n) is 15.7. The lowest BCUT2D eigenvalue weighted by Gasteiger charge is -2.34. The van der Waals surface area contributed by atoms with Gasteiger partial charge in [-0.25, -0.2) is 0 Å². The first-order valence-corrected chi connectivity index (χ1v) is 9.56. The molecular formula is C22H26N4O. The maximum absolute atomic E-state index is 6.09. The molecule has 4 rings (SSSR count). The molecule has 0 aliphatic carbocycles. The van der Waals surface area contributed by atoms with Gasteiger partial charge in [0.2, 0.25) is 0 Å². The van der Waals surface area contributed by atoms with Crippen molar-refractivity contribution in [1.82, 2.24) is 15.2 Å². The van der Waals surface area contributed by atoms with Crippen molar-refractivity contribution >= 4 is 16.9 Å². The minimum atomic E-state index is 0.274. The molecule has 0 bridgehead atoms. The second kappa shape index (κ2) is 8.16. The maximum Gasteiger partial charge on any atom is 0.193 e. The highest BCUT2D eigenvalue weighted by Gasteiger charge is 2.22. The number of nitrogens with zero attached hydrogens (tertiary/aromatic N) is 2. The predicted octanol–water partition coefficient (Wildman–Crippen LogP) is 3.79. The Morgan fingerprint density at radius 3 is 2.59 bits per heavy atom. The van der Waals surface area contributed by atoms with E-state index in [0.717, 1.165) is 44.2 Å². The molecule has 0 atom stereocenters. The van der Waals surface area contributed by atoms with Crippen molar-refractivity contribution in [3.8, 4) is 5.75 Å². The lowest BCUT2D eigenvalue weighted by atomic mass is 10.1. The monoisotopic (exact) mass is 362 g/mol. The smallest absolute Gasteiger partial charge is 0.193 e. The van der Waals surface area contributed by atoms with E-state index in [1.54, 1.807) is 0 Å². The van der Waals surface area contributed by atoms with Crippen LogP contribution in [0.1, 0.15) is 18.5 Å². The van der Waals surface area contributed by atoms with E-state index in [4.69, 9.17) is 4.74 Å². The van der Waals surface area contributed by atoms with Crippen molar-refractivity contribution in [1.29, 1.82) is 0 Å². The van der Waals surface area contributed by atoms with E-state index >= 15 is 0 Å². The molecule has 0 amide bonds. The van der Waals surface area contributed by atoms with Gasteiger partial charge >= 0.3 is 0 Å². The second-order valence-corrected chi connectivity index (χ2v) is 6.90. The molecule has 1 saturated heterocycles. The number of fused-ring (bicyclic) bond motifs is 1. The van der Waals surface area contributed by atoms with Gasteiger partial charge in [-0.15, -0.1) is 0 Å². The molecule has 1 fully saturated rings. The summed E-state index contributed by atoms with van der Waals surface area (Å²) in [6.07, 6.45) is 2.28. The van der Waals surface area contributed by atoms with Crippen molar-refractivity contribution < 1.29 is 4.74 Å². The lowest BCUT2D eigenvalue weighted by molar-refractivity contribution is 0.129. The zero-order valence-corrected chi connectivity index (χ0v) is 15.7. The molecule has 1 aliphatic rings. The molecular weight excluding hydrogens is 336 g/mol. The Morgan fingerprint density at radius 1 is 1.11 bits per heavy atom. The molecule has 0 unspecified atom stereocenters. The van der Waals surface area contributed by atoms with Crippen LogP contribution in [0.2, 0.25) is 0 Å². The summed E-state index contributed by atoms with van der Waals surface area (Å²) in [7, 11) is 1.85. The van der Waals surface area contributed by atoms with E-state index < -0.39 is 0 Å². The number of nitrogens with one attached hydrogen (secondary N) is 2. The van der Waals surface area contributed by atoms with Gasteiger partial charge in [0.25, 0.3) is 0 Å². The highest BCUT2D eigenvalue weighted by molar-refractivity contribution is 5.81. The Labute approximate surface area is 160 Å². The fraction of sp³-hybridized carbons (Fsp3) is 0.318. The zero-order chi connectivity index (χ0) is 18.5. The topological polar surface area (TPSA) is 52.7 Å². The molecule has 5 heteroatoms. The van der Waals surface area contributed by atoms with Crippen molar-refractivity contribution in [3.05, 3.63) is 66.4 Å². The van der Waals surface area contributed by atoms with Gasteiger partial charge in [0.1, 0.15) is 11.9 Å². The molecule has 0 spiro atoms. The van der Waals surface area contributed by atoms with E-state index in [1.165, 1.54) is 16.6 Å². The fourth-order valence-electron chi connectivity index (χ4n) is 3.61. The molecule has 0 radical (unpaired) electrons. The van der Waals surface area contributed by atoms with E-state index in [1.807, 2.05) is 37.4 Å². The number of rotatable bonds is 4. The van der Waals surface area contributed by atoms with Gasteiger partial charge in [0.05, 0.1) is 6.54 Å². The number of hydrogen-bond donors (Lipinski definition) is 2. The normalized spacial score (nSPS) is 15.9. The second-order valence-electron chi connectivity index (χ2n) is 6.90. The molecule has 140 valence electrons. The molecule has 27 heavy (non-hydrogen) atoms. The third-order valence-electron chi connectivity index (χ3n) is 5.02. The minimum absolute atomic E-state index is 0.274. The van der Waals surface area contributed by atoms with Crippen LogP contribution in [0.5, 0.6) is 5.75 Å². The number of H-pyrrole nitrogens is 1. The van der Waals surface area contributed by atoms with Gasteiger partial charge in [0, 0.05) is 44.2 Å². The summed E-state index contributed by atoms with van der Waals surface area (Å²) >= 11 is 0. The van der Waals surface area contributed by atoms with E-state index in [2.05, 4.69) is 50.5 Å². The standard InChI is InChI=1S/C22H26N4O/c1-23-22(24-16-18-15-17-7-5-6-10-21(17)25-18)26-13-11-20(12-14-26)27-19-8-3-2-4-9-19/h2-10,15,20,25H,11-14,16H2,1H3,(H,23,24). The van der Waals surface area contributed by atoms with Gasteiger partial charge in [-0.3, -0.25) is 4.99 Å². The molecule has 2 aromatic carbocycles. The van der Waals surface area contributed by atoms with Gasteiger partial charge in [-0.1, -0.05) is 36.4 Å². The van der Waals surface area contributed by atoms with Crippen molar-refractivity contribution in [3.63, 3.8) is 0 Å². The number of piperidine rings is 1. The van der Waals surface area contributed by atoms with Crippen LogP contribution in [0.25, 0.3) is 10.9 Å². The molecule has 0 saturated carbocycles. The highest BCUT2D eigenvalue weighted by Crippen LogP contribution is 2.19. The van der Waals surface area contributed by atoms with Crippen LogP contribution in [-0.4, -0.2) is 42.1 Å². The number of para-hydroxylation sites is 2. The lowest BCUT2D eigenvalue weighted by Crippen LogP contribution is -2.47. The van der Waals surface area contributed by atoms with Crippen LogP contribution in [0.15, 0.2) is 65.7 Å². The number of aliphatic imine (C=N–C) groups is 1. The van der Waals surface area contributed by atoms with Crippen LogP contribution < -0.4 is 10.1 Å². The minimum Gasteiger partial charge on any atom is -0.490 e. The molecule has 2 N–H and O–H groups in total. The summed E-state index contributed by atoms with van der Waals surface area (Å²) < 4.78 is 6.09. The van der Waals surface area contributed by atoms with E-state index in [-0.39, 0.29) is 6.10 Å². The van der Waals surface area contributed by atoms with Gasteiger partial charge < -0.3 is 19.9 Å². The Hall–Kier alpha value is -2.95. The van der Waals surface area contributed by atoms with Crippen LogP contribution in [0.3, 0.4) is 0 Å².